The lowest BCUT2D eigenvalue weighted by Gasteiger charge is -2.25. The van der Waals surface area contributed by atoms with Gasteiger partial charge < -0.3 is 41.7 Å². The normalized spacial score (nSPS) is 14.1. The number of carbonyl (C=O) groups is 4. The van der Waals surface area contributed by atoms with Gasteiger partial charge in [-0.3, -0.25) is 14.4 Å². The van der Waals surface area contributed by atoms with Gasteiger partial charge in [0.2, 0.25) is 17.7 Å². The molecule has 5 aromatic rings. The van der Waals surface area contributed by atoms with Gasteiger partial charge in [0.1, 0.15) is 18.1 Å². The molecule has 3 aromatic heterocycles. The Hall–Kier alpha value is -5.43. The Labute approximate surface area is 264 Å². The predicted molar refractivity (Wildman–Crippen MR) is 173 cm³/mol. The number of H-pyrrole nitrogens is 3. The third-order valence-electron chi connectivity index (χ3n) is 8.08. The van der Waals surface area contributed by atoms with E-state index in [9.17, 15) is 24.3 Å². The first-order valence-corrected chi connectivity index (χ1v) is 15.1. The molecule has 13 heteroatoms. The standard InChI is InChI=1S/C33H38N8O5/c1-18(2)29(34)32(44)40-27(13-21-16-35-17-38-21)31(43)39-26(11-19-14-36-24-9-5-3-7-22(19)24)30(42)41-28(33(45)46)12-20-15-37-25-10-6-4-8-23(20)25/h3-10,14-18,26-29,36-37H,11-13,34H2,1-2H3,(H,35,38)(H,39,43)(H,40,44)(H,41,42)(H,45,46). The Morgan fingerprint density at radius 2 is 1.24 bits per heavy atom. The number of amides is 3. The van der Waals surface area contributed by atoms with Crippen LogP contribution >= 0.6 is 0 Å². The molecule has 4 unspecified atom stereocenters. The minimum atomic E-state index is -1.28. The van der Waals surface area contributed by atoms with E-state index in [-0.39, 0.29) is 25.2 Å². The number of hydrogen-bond acceptors (Lipinski definition) is 6. The zero-order chi connectivity index (χ0) is 32.8. The number of aliphatic carboxylic acids is 1. The van der Waals surface area contributed by atoms with Crippen LogP contribution in [0.2, 0.25) is 0 Å². The van der Waals surface area contributed by atoms with Gasteiger partial charge in [0.25, 0.3) is 0 Å². The highest BCUT2D eigenvalue weighted by molar-refractivity contribution is 5.95. The van der Waals surface area contributed by atoms with Crippen LogP contribution in [-0.4, -0.2) is 72.9 Å². The highest BCUT2D eigenvalue weighted by Crippen LogP contribution is 2.21. The van der Waals surface area contributed by atoms with E-state index >= 15 is 0 Å². The fourth-order valence-electron chi connectivity index (χ4n) is 5.39. The van der Waals surface area contributed by atoms with Crippen molar-refractivity contribution in [2.45, 2.75) is 57.3 Å². The van der Waals surface area contributed by atoms with Gasteiger partial charge in [-0.15, -0.1) is 0 Å². The third-order valence-corrected chi connectivity index (χ3v) is 8.08. The van der Waals surface area contributed by atoms with E-state index in [1.807, 2.05) is 48.5 Å². The summed E-state index contributed by atoms with van der Waals surface area (Å²) in [4.78, 5) is 66.2. The van der Waals surface area contributed by atoms with Crippen molar-refractivity contribution in [1.29, 1.82) is 0 Å². The van der Waals surface area contributed by atoms with Crippen LogP contribution in [0.15, 0.2) is 73.4 Å². The van der Waals surface area contributed by atoms with Gasteiger partial charge in [-0.2, -0.15) is 0 Å². The number of carboxylic acid groups (broad SMARTS) is 1. The summed E-state index contributed by atoms with van der Waals surface area (Å²) < 4.78 is 0. The molecular weight excluding hydrogens is 588 g/mol. The number of rotatable bonds is 14. The number of carbonyl (C=O) groups excluding carboxylic acids is 3. The lowest BCUT2D eigenvalue weighted by Crippen LogP contribution is -2.58. The maximum Gasteiger partial charge on any atom is 0.326 e. The number of aromatic nitrogens is 4. The maximum atomic E-state index is 13.9. The highest BCUT2D eigenvalue weighted by atomic mass is 16.4. The van der Waals surface area contributed by atoms with Crippen LogP contribution in [0.25, 0.3) is 21.8 Å². The largest absolute Gasteiger partial charge is 0.480 e. The summed E-state index contributed by atoms with van der Waals surface area (Å²) in [7, 11) is 0. The number of fused-ring (bicyclic) bond motifs is 2. The molecule has 0 spiro atoms. The van der Waals surface area contributed by atoms with E-state index in [2.05, 4.69) is 35.9 Å². The van der Waals surface area contributed by atoms with Crippen LogP contribution in [0, 0.1) is 5.92 Å². The van der Waals surface area contributed by atoms with Crippen LogP contribution in [-0.2, 0) is 38.4 Å². The Morgan fingerprint density at radius 1 is 0.739 bits per heavy atom. The van der Waals surface area contributed by atoms with Crippen molar-refractivity contribution in [1.82, 2.24) is 35.9 Å². The minimum absolute atomic E-state index is 0.0183. The minimum Gasteiger partial charge on any atom is -0.480 e. The van der Waals surface area contributed by atoms with Crippen molar-refractivity contribution < 1.29 is 24.3 Å². The monoisotopic (exact) mass is 626 g/mol. The number of hydrogen-bond donors (Lipinski definition) is 8. The quantitative estimate of drug-likeness (QED) is 0.0917. The van der Waals surface area contributed by atoms with Crippen molar-refractivity contribution in [3.63, 3.8) is 0 Å². The molecular formula is C33H38N8O5. The number of aromatic amines is 3. The van der Waals surface area contributed by atoms with E-state index in [0.29, 0.717) is 5.69 Å². The summed E-state index contributed by atoms with van der Waals surface area (Å²) in [5, 5.41) is 19.9. The SMILES string of the molecule is CC(C)C(N)C(=O)NC(Cc1cnc[nH]1)C(=O)NC(Cc1c[nH]c2ccccc12)C(=O)NC(Cc1c[nH]c2ccccc12)C(=O)O. The predicted octanol–water partition coefficient (Wildman–Crippen LogP) is 1.92. The number of imidazole rings is 1. The average molecular weight is 627 g/mol. The van der Waals surface area contributed by atoms with Gasteiger partial charge in [-0.05, 0) is 29.2 Å². The first-order valence-electron chi connectivity index (χ1n) is 15.1. The Morgan fingerprint density at radius 3 is 1.76 bits per heavy atom. The highest BCUT2D eigenvalue weighted by Gasteiger charge is 2.32. The van der Waals surface area contributed by atoms with E-state index in [4.69, 9.17) is 5.73 Å². The van der Waals surface area contributed by atoms with Crippen LogP contribution in [0.3, 0.4) is 0 Å². The second-order valence-corrected chi connectivity index (χ2v) is 11.7. The molecule has 0 fully saturated rings. The number of nitrogens with two attached hydrogens (primary N) is 1. The molecule has 0 saturated carbocycles. The smallest absolute Gasteiger partial charge is 0.326 e. The molecule has 13 nitrogen and oxygen atoms in total. The van der Waals surface area contributed by atoms with E-state index in [1.54, 1.807) is 26.2 Å². The van der Waals surface area contributed by atoms with Gasteiger partial charge in [0.15, 0.2) is 0 Å². The molecule has 4 atom stereocenters. The van der Waals surface area contributed by atoms with Gasteiger partial charge >= 0.3 is 5.97 Å². The summed E-state index contributed by atoms with van der Waals surface area (Å²) >= 11 is 0. The summed E-state index contributed by atoms with van der Waals surface area (Å²) in [6.07, 6.45) is 6.60. The van der Waals surface area contributed by atoms with Crippen molar-refractivity contribution in [2.75, 3.05) is 0 Å². The third kappa shape index (κ3) is 7.44. The zero-order valence-electron chi connectivity index (χ0n) is 25.5. The topological polar surface area (TPSA) is 211 Å². The van der Waals surface area contributed by atoms with Crippen molar-refractivity contribution in [3.05, 3.63) is 90.3 Å². The van der Waals surface area contributed by atoms with Gasteiger partial charge in [-0.1, -0.05) is 50.2 Å². The number of carboxylic acids is 1. The van der Waals surface area contributed by atoms with Crippen LogP contribution in [0.1, 0.15) is 30.7 Å². The maximum absolute atomic E-state index is 13.9. The van der Waals surface area contributed by atoms with Crippen molar-refractivity contribution in [2.24, 2.45) is 11.7 Å². The summed E-state index contributed by atoms with van der Waals surface area (Å²) in [6, 6.07) is 10.6. The molecule has 0 aliphatic rings. The van der Waals surface area contributed by atoms with Gasteiger partial charge in [0.05, 0.1) is 12.4 Å². The summed E-state index contributed by atoms with van der Waals surface area (Å²) in [5.74, 6) is -3.24. The van der Waals surface area contributed by atoms with Gasteiger partial charge in [0, 0.05) is 65.4 Å². The lowest BCUT2D eigenvalue weighted by atomic mass is 10.0. The molecule has 0 bridgehead atoms. The Balaban J connectivity index is 1.41. The molecule has 0 saturated heterocycles. The van der Waals surface area contributed by atoms with E-state index < -0.39 is 47.9 Å². The number of para-hydroxylation sites is 2. The molecule has 0 aliphatic carbocycles. The number of nitrogens with one attached hydrogen (secondary N) is 6. The molecule has 3 amide bonds. The Kier molecular flexibility index (Phi) is 9.82. The lowest BCUT2D eigenvalue weighted by molar-refractivity contribution is -0.142. The zero-order valence-corrected chi connectivity index (χ0v) is 25.5. The van der Waals surface area contributed by atoms with E-state index in [1.165, 1.54) is 12.5 Å². The van der Waals surface area contributed by atoms with Crippen molar-refractivity contribution in [3.8, 4) is 0 Å². The molecule has 240 valence electrons. The molecule has 3 heterocycles. The van der Waals surface area contributed by atoms with E-state index in [0.717, 1.165) is 32.9 Å². The summed E-state index contributed by atoms with van der Waals surface area (Å²) in [6.45, 7) is 3.59. The molecule has 2 aromatic carbocycles. The fourth-order valence-corrected chi connectivity index (χ4v) is 5.39. The van der Waals surface area contributed by atoms with Crippen LogP contribution < -0.4 is 21.7 Å². The molecule has 5 rings (SSSR count). The molecule has 46 heavy (non-hydrogen) atoms. The number of nitrogens with zero attached hydrogens (tertiary/aromatic N) is 1. The molecule has 0 radical (unpaired) electrons. The van der Waals surface area contributed by atoms with Crippen LogP contribution in [0.4, 0.5) is 0 Å². The average Bonchev–Trinajstić information content (AvgIpc) is 3.80. The first kappa shape index (κ1) is 32.0. The second kappa shape index (κ2) is 14.1. The second-order valence-electron chi connectivity index (χ2n) is 11.7. The Bertz CT molecular complexity index is 1830. The van der Waals surface area contributed by atoms with Gasteiger partial charge in [-0.25, -0.2) is 9.78 Å². The fraction of sp³-hybridized carbons (Fsp3) is 0.303. The molecule has 0 aliphatic heterocycles. The number of benzene rings is 2. The van der Waals surface area contributed by atoms with Crippen LogP contribution in [0.5, 0.6) is 0 Å². The first-order chi connectivity index (χ1) is 22.1. The molecule has 9 N–H and O–H groups in total. The van der Waals surface area contributed by atoms with Crippen molar-refractivity contribution >= 4 is 45.5 Å². The summed E-state index contributed by atoms with van der Waals surface area (Å²) in [5.41, 5.74) is 9.81.